The summed E-state index contributed by atoms with van der Waals surface area (Å²) in [5.41, 5.74) is 4.43. The highest BCUT2D eigenvalue weighted by Gasteiger charge is 2.08. The van der Waals surface area contributed by atoms with Crippen LogP contribution in [0.3, 0.4) is 0 Å². The Morgan fingerprint density at radius 3 is 2.32 bits per heavy atom. The Kier molecular flexibility index (Phi) is 6.57. The summed E-state index contributed by atoms with van der Waals surface area (Å²) in [7, 11) is 0. The zero-order valence-corrected chi connectivity index (χ0v) is 16.2. The predicted molar refractivity (Wildman–Crippen MR) is 113 cm³/mol. The molecule has 0 saturated heterocycles. The number of rotatable bonds is 8. The van der Waals surface area contributed by atoms with E-state index in [9.17, 15) is 4.79 Å². The molecule has 0 spiro atoms. The molecule has 1 amide bonds. The Balaban J connectivity index is 1.63. The number of hydrogen-bond donors (Lipinski definition) is 2. The molecule has 144 valence electrons. The molecule has 3 rings (SSSR count). The van der Waals surface area contributed by atoms with Crippen LogP contribution in [-0.2, 0) is 6.54 Å². The summed E-state index contributed by atoms with van der Waals surface area (Å²) < 4.78 is 0. The van der Waals surface area contributed by atoms with Crippen LogP contribution in [0, 0.1) is 0 Å². The van der Waals surface area contributed by atoms with E-state index in [0.29, 0.717) is 12.1 Å². The summed E-state index contributed by atoms with van der Waals surface area (Å²) in [4.78, 5) is 22.9. The minimum Gasteiger partial charge on any atom is -0.372 e. The van der Waals surface area contributed by atoms with E-state index < -0.39 is 0 Å². The van der Waals surface area contributed by atoms with Crippen LogP contribution in [0.25, 0.3) is 0 Å². The minimum absolute atomic E-state index is 0.162. The van der Waals surface area contributed by atoms with Gasteiger partial charge in [-0.1, -0.05) is 0 Å². The zero-order valence-electron chi connectivity index (χ0n) is 16.2. The molecule has 3 aromatic rings. The number of nitrogens with zero attached hydrogens (tertiary/aromatic N) is 3. The van der Waals surface area contributed by atoms with Gasteiger partial charge in [0.2, 0.25) is 0 Å². The Morgan fingerprint density at radius 2 is 1.64 bits per heavy atom. The maximum atomic E-state index is 12.4. The van der Waals surface area contributed by atoms with Crippen LogP contribution in [-0.4, -0.2) is 29.0 Å². The number of carbonyl (C=O) groups is 1. The van der Waals surface area contributed by atoms with Crippen molar-refractivity contribution in [1.82, 2.24) is 15.3 Å². The fourth-order valence-corrected chi connectivity index (χ4v) is 2.93. The van der Waals surface area contributed by atoms with Crippen LogP contribution in [0.15, 0.2) is 67.3 Å². The standard InChI is InChI=1S/C22H25N5O/c1-3-27(4-2)21-7-5-19(6-8-21)26-20-13-18(15-24-16-20)22(28)25-14-17-9-11-23-12-10-17/h5-13,15-16,26H,3-4,14H2,1-2H3,(H,25,28). The van der Waals surface area contributed by atoms with E-state index in [1.165, 1.54) is 5.69 Å². The molecule has 0 aliphatic rings. The highest BCUT2D eigenvalue weighted by atomic mass is 16.1. The lowest BCUT2D eigenvalue weighted by molar-refractivity contribution is 0.0950. The molecule has 2 N–H and O–H groups in total. The molecule has 0 fully saturated rings. The zero-order chi connectivity index (χ0) is 19.8. The minimum atomic E-state index is -0.162. The Hall–Kier alpha value is -3.41. The van der Waals surface area contributed by atoms with E-state index in [4.69, 9.17) is 0 Å². The topological polar surface area (TPSA) is 70.2 Å². The second-order valence-corrected chi connectivity index (χ2v) is 6.34. The molecule has 2 heterocycles. The average molecular weight is 375 g/mol. The molecule has 1 aromatic carbocycles. The first-order valence-electron chi connectivity index (χ1n) is 9.43. The van der Waals surface area contributed by atoms with Crippen LogP contribution in [0.2, 0.25) is 0 Å². The van der Waals surface area contributed by atoms with Crippen molar-refractivity contribution in [3.05, 3.63) is 78.4 Å². The molecule has 0 unspecified atom stereocenters. The van der Waals surface area contributed by atoms with E-state index in [0.717, 1.165) is 30.0 Å². The lowest BCUT2D eigenvalue weighted by atomic mass is 10.2. The van der Waals surface area contributed by atoms with Crippen molar-refractivity contribution in [2.75, 3.05) is 23.3 Å². The SMILES string of the molecule is CCN(CC)c1ccc(Nc2cncc(C(=O)NCc3ccncc3)c2)cc1. The number of anilines is 3. The fourth-order valence-electron chi connectivity index (χ4n) is 2.93. The maximum Gasteiger partial charge on any atom is 0.253 e. The quantitative estimate of drug-likeness (QED) is 0.623. The van der Waals surface area contributed by atoms with Crippen LogP contribution in [0.4, 0.5) is 17.1 Å². The molecule has 6 heteroatoms. The van der Waals surface area contributed by atoms with Crippen molar-refractivity contribution >= 4 is 23.0 Å². The highest BCUT2D eigenvalue weighted by molar-refractivity contribution is 5.94. The number of nitrogens with one attached hydrogen (secondary N) is 2. The number of hydrogen-bond acceptors (Lipinski definition) is 5. The molecular formula is C22H25N5O. The van der Waals surface area contributed by atoms with E-state index in [2.05, 4.69) is 51.5 Å². The third-order valence-corrected chi connectivity index (χ3v) is 4.49. The first-order valence-corrected chi connectivity index (χ1v) is 9.43. The van der Waals surface area contributed by atoms with E-state index in [-0.39, 0.29) is 5.91 Å². The second kappa shape index (κ2) is 9.50. The van der Waals surface area contributed by atoms with Crippen molar-refractivity contribution in [1.29, 1.82) is 0 Å². The van der Waals surface area contributed by atoms with Gasteiger partial charge < -0.3 is 15.5 Å². The molecule has 0 aliphatic carbocycles. The van der Waals surface area contributed by atoms with Gasteiger partial charge in [-0.15, -0.1) is 0 Å². The summed E-state index contributed by atoms with van der Waals surface area (Å²) in [5, 5.41) is 6.20. The van der Waals surface area contributed by atoms with E-state index in [1.54, 1.807) is 30.9 Å². The van der Waals surface area contributed by atoms with E-state index >= 15 is 0 Å². The van der Waals surface area contributed by atoms with Crippen LogP contribution in [0.1, 0.15) is 29.8 Å². The van der Waals surface area contributed by atoms with Crippen molar-refractivity contribution < 1.29 is 4.79 Å². The van der Waals surface area contributed by atoms with Gasteiger partial charge in [-0.3, -0.25) is 14.8 Å². The number of carbonyl (C=O) groups excluding carboxylic acids is 1. The molecule has 28 heavy (non-hydrogen) atoms. The van der Waals surface area contributed by atoms with Crippen molar-refractivity contribution in [3.63, 3.8) is 0 Å². The van der Waals surface area contributed by atoms with Crippen molar-refractivity contribution in [2.45, 2.75) is 20.4 Å². The maximum absolute atomic E-state index is 12.4. The average Bonchev–Trinajstić information content (AvgIpc) is 2.75. The van der Waals surface area contributed by atoms with Gasteiger partial charge in [-0.05, 0) is 61.9 Å². The van der Waals surface area contributed by atoms with Gasteiger partial charge in [-0.25, -0.2) is 0 Å². The highest BCUT2D eigenvalue weighted by Crippen LogP contribution is 2.21. The Morgan fingerprint density at radius 1 is 0.929 bits per heavy atom. The lowest BCUT2D eigenvalue weighted by Gasteiger charge is -2.21. The predicted octanol–water partition coefficient (Wildman–Crippen LogP) is 4.00. The normalized spacial score (nSPS) is 10.4. The number of amides is 1. The number of pyridine rings is 2. The van der Waals surface area contributed by atoms with Gasteiger partial charge in [0, 0.05) is 49.6 Å². The summed E-state index contributed by atoms with van der Waals surface area (Å²) in [6.45, 7) is 6.69. The smallest absolute Gasteiger partial charge is 0.253 e. The first kappa shape index (κ1) is 19.4. The third-order valence-electron chi connectivity index (χ3n) is 4.49. The number of aromatic nitrogens is 2. The van der Waals surface area contributed by atoms with Gasteiger partial charge in [0.1, 0.15) is 0 Å². The molecule has 2 aromatic heterocycles. The van der Waals surface area contributed by atoms with E-state index in [1.807, 2.05) is 24.3 Å². The first-order chi connectivity index (χ1) is 13.7. The lowest BCUT2D eigenvalue weighted by Crippen LogP contribution is -2.23. The third kappa shape index (κ3) is 5.07. The van der Waals surface area contributed by atoms with Gasteiger partial charge in [0.25, 0.3) is 5.91 Å². The summed E-state index contributed by atoms with van der Waals surface area (Å²) in [5.74, 6) is -0.162. The summed E-state index contributed by atoms with van der Waals surface area (Å²) >= 11 is 0. The molecule has 0 radical (unpaired) electrons. The molecular weight excluding hydrogens is 350 g/mol. The Bertz CT molecular complexity index is 892. The van der Waals surface area contributed by atoms with Crippen molar-refractivity contribution in [3.8, 4) is 0 Å². The monoisotopic (exact) mass is 375 g/mol. The van der Waals surface area contributed by atoms with Gasteiger partial charge in [0.15, 0.2) is 0 Å². The molecule has 0 bridgehead atoms. The largest absolute Gasteiger partial charge is 0.372 e. The molecule has 6 nitrogen and oxygen atoms in total. The second-order valence-electron chi connectivity index (χ2n) is 6.34. The van der Waals surface area contributed by atoms with Crippen LogP contribution >= 0.6 is 0 Å². The fraction of sp³-hybridized carbons (Fsp3) is 0.227. The van der Waals surface area contributed by atoms with Crippen LogP contribution < -0.4 is 15.5 Å². The van der Waals surface area contributed by atoms with Crippen LogP contribution in [0.5, 0.6) is 0 Å². The molecule has 0 aliphatic heterocycles. The Labute approximate surface area is 165 Å². The summed E-state index contributed by atoms with van der Waals surface area (Å²) in [6, 6.07) is 13.8. The van der Waals surface area contributed by atoms with Crippen molar-refractivity contribution in [2.24, 2.45) is 0 Å². The molecule has 0 saturated carbocycles. The number of benzene rings is 1. The molecule has 0 atom stereocenters. The van der Waals surface area contributed by atoms with Gasteiger partial charge in [0.05, 0.1) is 17.4 Å². The van der Waals surface area contributed by atoms with Gasteiger partial charge in [-0.2, -0.15) is 0 Å². The summed E-state index contributed by atoms with van der Waals surface area (Å²) in [6.07, 6.45) is 6.69. The van der Waals surface area contributed by atoms with Gasteiger partial charge >= 0.3 is 0 Å².